The molecule has 18 heavy (non-hydrogen) atoms. The molecule has 1 aromatic heterocycles. The van der Waals surface area contributed by atoms with Crippen molar-refractivity contribution in [3.05, 3.63) is 40.5 Å². The molecule has 0 saturated carbocycles. The molecule has 0 aliphatic rings. The van der Waals surface area contributed by atoms with Gasteiger partial charge >= 0.3 is 0 Å². The van der Waals surface area contributed by atoms with E-state index in [0.29, 0.717) is 12.1 Å². The highest BCUT2D eigenvalue weighted by atomic mass is 35.5. The molecule has 6 heteroatoms. The molecular weight excluding hydrogens is 252 g/mol. The van der Waals surface area contributed by atoms with E-state index >= 15 is 0 Å². The topological polar surface area (TPSA) is 80.9 Å². The van der Waals surface area contributed by atoms with E-state index < -0.39 is 0 Å². The second kappa shape index (κ2) is 5.01. The van der Waals surface area contributed by atoms with Crippen LogP contribution in [-0.2, 0) is 0 Å². The molecular formula is C12H11ClN4O. The zero-order valence-corrected chi connectivity index (χ0v) is 10.4. The number of nitrogen functional groups attached to an aromatic ring is 1. The Morgan fingerprint density at radius 3 is 2.56 bits per heavy atom. The van der Waals surface area contributed by atoms with Crippen molar-refractivity contribution in [1.29, 1.82) is 0 Å². The van der Waals surface area contributed by atoms with E-state index in [2.05, 4.69) is 15.3 Å². The highest BCUT2D eigenvalue weighted by Gasteiger charge is 2.11. The summed E-state index contributed by atoms with van der Waals surface area (Å²) in [7, 11) is 0. The SMILES string of the molecule is Cc1ccc(Nc2nc(N)nc(Cl)c2C=O)cc1. The number of halogens is 1. The van der Waals surface area contributed by atoms with Crippen LogP contribution < -0.4 is 11.1 Å². The van der Waals surface area contributed by atoms with Crippen LogP contribution in [0.2, 0.25) is 5.15 Å². The van der Waals surface area contributed by atoms with Crippen LogP contribution >= 0.6 is 11.6 Å². The third-order valence-electron chi connectivity index (χ3n) is 2.35. The second-order valence-corrected chi connectivity index (χ2v) is 4.10. The summed E-state index contributed by atoms with van der Waals surface area (Å²) >= 11 is 5.82. The first kappa shape index (κ1) is 12.3. The van der Waals surface area contributed by atoms with Gasteiger partial charge in [-0.3, -0.25) is 4.79 Å². The van der Waals surface area contributed by atoms with Crippen LogP contribution in [0.1, 0.15) is 15.9 Å². The fourth-order valence-corrected chi connectivity index (χ4v) is 1.65. The number of nitrogens with two attached hydrogens (primary N) is 1. The van der Waals surface area contributed by atoms with E-state index in [-0.39, 0.29) is 16.7 Å². The molecule has 0 aliphatic carbocycles. The lowest BCUT2D eigenvalue weighted by Gasteiger charge is -2.09. The minimum absolute atomic E-state index is 0.0141. The zero-order valence-electron chi connectivity index (χ0n) is 9.64. The molecule has 92 valence electrons. The van der Waals surface area contributed by atoms with Crippen LogP contribution in [0, 0.1) is 6.92 Å². The molecule has 5 nitrogen and oxygen atoms in total. The molecule has 0 aliphatic heterocycles. The third-order valence-corrected chi connectivity index (χ3v) is 2.64. The van der Waals surface area contributed by atoms with Crippen molar-refractivity contribution in [2.45, 2.75) is 6.92 Å². The van der Waals surface area contributed by atoms with E-state index in [9.17, 15) is 4.79 Å². The quantitative estimate of drug-likeness (QED) is 0.656. The molecule has 1 heterocycles. The summed E-state index contributed by atoms with van der Waals surface area (Å²) in [5.41, 5.74) is 7.61. The zero-order chi connectivity index (χ0) is 13.1. The van der Waals surface area contributed by atoms with Crippen molar-refractivity contribution in [3.63, 3.8) is 0 Å². The van der Waals surface area contributed by atoms with Gasteiger partial charge in [-0.15, -0.1) is 0 Å². The fraction of sp³-hybridized carbons (Fsp3) is 0.0833. The molecule has 0 amide bonds. The number of carbonyl (C=O) groups excluding carboxylic acids is 1. The van der Waals surface area contributed by atoms with Crippen LogP contribution in [0.5, 0.6) is 0 Å². The Hall–Kier alpha value is -2.14. The number of aromatic nitrogens is 2. The van der Waals surface area contributed by atoms with Gasteiger partial charge in [0.15, 0.2) is 6.29 Å². The van der Waals surface area contributed by atoms with E-state index in [1.54, 1.807) is 0 Å². The number of nitrogens with one attached hydrogen (secondary N) is 1. The van der Waals surface area contributed by atoms with E-state index in [1.807, 2.05) is 31.2 Å². The molecule has 0 spiro atoms. The lowest BCUT2D eigenvalue weighted by atomic mass is 10.2. The Balaban J connectivity index is 2.39. The Morgan fingerprint density at radius 2 is 1.94 bits per heavy atom. The number of nitrogens with zero attached hydrogens (tertiary/aromatic N) is 2. The standard InChI is InChI=1S/C12H11ClN4O/c1-7-2-4-8(5-3-7)15-11-9(6-18)10(13)16-12(14)17-11/h2-6H,1H3,(H3,14,15,16,17). The van der Waals surface area contributed by atoms with Crippen molar-refractivity contribution in [2.24, 2.45) is 0 Å². The number of anilines is 3. The molecule has 2 rings (SSSR count). The predicted molar refractivity (Wildman–Crippen MR) is 71.3 cm³/mol. The van der Waals surface area contributed by atoms with Crippen molar-refractivity contribution in [1.82, 2.24) is 9.97 Å². The smallest absolute Gasteiger partial charge is 0.223 e. The maximum absolute atomic E-state index is 11.0. The van der Waals surface area contributed by atoms with Gasteiger partial charge in [0.25, 0.3) is 0 Å². The summed E-state index contributed by atoms with van der Waals surface area (Å²) in [5.74, 6) is 0.312. The van der Waals surface area contributed by atoms with Crippen molar-refractivity contribution < 1.29 is 4.79 Å². The third kappa shape index (κ3) is 2.57. The number of carbonyl (C=O) groups is 1. The van der Waals surface area contributed by atoms with Gasteiger partial charge in [0.1, 0.15) is 11.0 Å². The van der Waals surface area contributed by atoms with Crippen LogP contribution in [0.15, 0.2) is 24.3 Å². The molecule has 0 radical (unpaired) electrons. The fourth-order valence-electron chi connectivity index (χ4n) is 1.43. The first-order valence-corrected chi connectivity index (χ1v) is 5.60. The molecule has 3 N–H and O–H groups in total. The normalized spacial score (nSPS) is 10.1. The summed E-state index contributed by atoms with van der Waals surface area (Å²) in [6.07, 6.45) is 0.596. The van der Waals surface area contributed by atoms with Gasteiger partial charge in [-0.2, -0.15) is 4.98 Å². The number of hydrogen-bond acceptors (Lipinski definition) is 5. The van der Waals surface area contributed by atoms with Crippen LogP contribution in [0.25, 0.3) is 0 Å². The van der Waals surface area contributed by atoms with Gasteiger partial charge in [0, 0.05) is 5.69 Å². The number of hydrogen-bond donors (Lipinski definition) is 2. The Morgan fingerprint density at radius 1 is 1.28 bits per heavy atom. The minimum atomic E-state index is 0.0141. The number of aryl methyl sites for hydroxylation is 1. The van der Waals surface area contributed by atoms with Gasteiger partial charge < -0.3 is 11.1 Å². The Bertz CT molecular complexity index is 583. The number of rotatable bonds is 3. The predicted octanol–water partition coefficient (Wildman–Crippen LogP) is 2.58. The van der Waals surface area contributed by atoms with E-state index in [1.165, 1.54) is 0 Å². The minimum Gasteiger partial charge on any atom is -0.368 e. The average Bonchev–Trinajstić information content (AvgIpc) is 2.32. The first-order valence-electron chi connectivity index (χ1n) is 5.22. The molecule has 0 saturated heterocycles. The summed E-state index contributed by atoms with van der Waals surface area (Å²) in [6.45, 7) is 1.99. The highest BCUT2D eigenvalue weighted by molar-refractivity contribution is 6.32. The van der Waals surface area contributed by atoms with Crippen molar-refractivity contribution in [3.8, 4) is 0 Å². The molecule has 0 bridgehead atoms. The molecule has 0 unspecified atom stereocenters. The summed E-state index contributed by atoms with van der Waals surface area (Å²) in [4.78, 5) is 18.6. The summed E-state index contributed by atoms with van der Waals surface area (Å²) in [5, 5.41) is 3.02. The van der Waals surface area contributed by atoms with Crippen LogP contribution in [0.4, 0.5) is 17.5 Å². The highest BCUT2D eigenvalue weighted by Crippen LogP contribution is 2.23. The van der Waals surface area contributed by atoms with Gasteiger partial charge in [-0.05, 0) is 19.1 Å². The van der Waals surface area contributed by atoms with E-state index in [4.69, 9.17) is 17.3 Å². The van der Waals surface area contributed by atoms with Crippen molar-refractivity contribution in [2.75, 3.05) is 11.1 Å². The summed E-state index contributed by atoms with van der Waals surface area (Å²) < 4.78 is 0. The van der Waals surface area contributed by atoms with Crippen molar-refractivity contribution >= 4 is 35.3 Å². The van der Waals surface area contributed by atoms with Crippen LogP contribution in [-0.4, -0.2) is 16.3 Å². The Labute approximate surface area is 109 Å². The lowest BCUT2D eigenvalue weighted by molar-refractivity contribution is 0.112. The van der Waals surface area contributed by atoms with Crippen LogP contribution in [0.3, 0.4) is 0 Å². The number of benzene rings is 1. The lowest BCUT2D eigenvalue weighted by Crippen LogP contribution is -2.05. The molecule has 0 atom stereocenters. The maximum atomic E-state index is 11.0. The summed E-state index contributed by atoms with van der Waals surface area (Å²) in [6, 6.07) is 7.62. The Kier molecular flexibility index (Phi) is 3.43. The molecule has 1 aromatic carbocycles. The second-order valence-electron chi connectivity index (χ2n) is 3.74. The monoisotopic (exact) mass is 262 g/mol. The molecule has 0 fully saturated rings. The average molecular weight is 263 g/mol. The first-order chi connectivity index (χ1) is 8.60. The maximum Gasteiger partial charge on any atom is 0.223 e. The number of aldehydes is 1. The van der Waals surface area contributed by atoms with Gasteiger partial charge in [0.05, 0.1) is 5.56 Å². The van der Waals surface area contributed by atoms with Gasteiger partial charge in [0.2, 0.25) is 5.95 Å². The van der Waals surface area contributed by atoms with Gasteiger partial charge in [-0.1, -0.05) is 29.3 Å². The van der Waals surface area contributed by atoms with E-state index in [0.717, 1.165) is 11.3 Å². The molecule has 2 aromatic rings. The largest absolute Gasteiger partial charge is 0.368 e. The van der Waals surface area contributed by atoms with Gasteiger partial charge in [-0.25, -0.2) is 4.98 Å².